The summed E-state index contributed by atoms with van der Waals surface area (Å²) < 4.78 is 6.49. The maximum absolute atomic E-state index is 6.49. The van der Waals surface area contributed by atoms with Crippen molar-refractivity contribution in [2.24, 2.45) is 0 Å². The zero-order valence-electron chi connectivity index (χ0n) is 21.1. The van der Waals surface area contributed by atoms with Crippen molar-refractivity contribution in [3.63, 3.8) is 0 Å². The van der Waals surface area contributed by atoms with E-state index in [0.717, 1.165) is 21.9 Å². The highest BCUT2D eigenvalue weighted by molar-refractivity contribution is 6.19. The van der Waals surface area contributed by atoms with Crippen molar-refractivity contribution < 1.29 is 4.42 Å². The van der Waals surface area contributed by atoms with Crippen LogP contribution in [0.5, 0.6) is 0 Å². The third kappa shape index (κ3) is 2.96. The summed E-state index contributed by atoms with van der Waals surface area (Å²) >= 11 is 0. The Labute approximate surface area is 225 Å². The van der Waals surface area contributed by atoms with Gasteiger partial charge in [0.05, 0.1) is 0 Å². The van der Waals surface area contributed by atoms with Crippen molar-refractivity contribution >= 4 is 43.5 Å². The molecule has 0 saturated carbocycles. The summed E-state index contributed by atoms with van der Waals surface area (Å²) in [6.45, 7) is 0. The molecule has 0 N–H and O–H groups in total. The van der Waals surface area contributed by atoms with E-state index in [2.05, 4.69) is 133 Å². The van der Waals surface area contributed by atoms with Crippen LogP contribution in [0, 0.1) is 0 Å². The van der Waals surface area contributed by atoms with Crippen LogP contribution in [-0.4, -0.2) is 0 Å². The maximum Gasteiger partial charge on any atom is 0.136 e. The first kappa shape index (κ1) is 20.9. The maximum atomic E-state index is 6.49. The molecular formula is C38H22O. The molecule has 1 aliphatic carbocycles. The molecule has 1 aliphatic rings. The van der Waals surface area contributed by atoms with Crippen molar-refractivity contribution in [3.05, 3.63) is 133 Å². The first-order valence-corrected chi connectivity index (χ1v) is 13.4. The molecule has 1 aromatic heterocycles. The molecule has 39 heavy (non-hydrogen) atoms. The van der Waals surface area contributed by atoms with E-state index in [1.165, 1.54) is 66.1 Å². The van der Waals surface area contributed by atoms with Crippen LogP contribution < -0.4 is 0 Å². The molecule has 7 aromatic carbocycles. The summed E-state index contributed by atoms with van der Waals surface area (Å²) in [5, 5.41) is 7.44. The molecule has 0 unspecified atom stereocenters. The number of hydrogen-bond acceptors (Lipinski definition) is 1. The van der Waals surface area contributed by atoms with Gasteiger partial charge in [0.2, 0.25) is 0 Å². The van der Waals surface area contributed by atoms with Crippen molar-refractivity contribution in [1.82, 2.24) is 0 Å². The Hall–Kier alpha value is -5.14. The zero-order valence-corrected chi connectivity index (χ0v) is 21.1. The molecule has 0 amide bonds. The van der Waals surface area contributed by atoms with Crippen LogP contribution in [0.2, 0.25) is 0 Å². The molecule has 0 saturated heterocycles. The lowest BCUT2D eigenvalue weighted by Crippen LogP contribution is -1.83. The third-order valence-electron chi connectivity index (χ3n) is 8.42. The summed E-state index contributed by atoms with van der Waals surface area (Å²) in [5.74, 6) is 0. The zero-order chi connectivity index (χ0) is 25.5. The first-order chi connectivity index (χ1) is 19.3. The lowest BCUT2D eigenvalue weighted by Gasteiger charge is -2.09. The highest BCUT2D eigenvalue weighted by Crippen LogP contribution is 2.49. The fraction of sp³-hybridized carbons (Fsp3) is 0. The largest absolute Gasteiger partial charge is 0.456 e. The number of fused-ring (bicyclic) bond motifs is 7. The summed E-state index contributed by atoms with van der Waals surface area (Å²) in [4.78, 5) is 0. The lowest BCUT2D eigenvalue weighted by molar-refractivity contribution is 0.669. The Kier molecular flexibility index (Phi) is 4.11. The Morgan fingerprint density at radius 2 is 0.923 bits per heavy atom. The van der Waals surface area contributed by atoms with E-state index in [1.807, 2.05) is 0 Å². The molecule has 0 atom stereocenters. The van der Waals surface area contributed by atoms with Crippen molar-refractivity contribution in [2.75, 3.05) is 0 Å². The normalized spacial score (nSPS) is 12.1. The van der Waals surface area contributed by atoms with Gasteiger partial charge in [-0.25, -0.2) is 0 Å². The molecule has 1 heterocycles. The molecule has 0 spiro atoms. The van der Waals surface area contributed by atoms with Gasteiger partial charge in [-0.2, -0.15) is 0 Å². The van der Waals surface area contributed by atoms with Gasteiger partial charge in [-0.3, -0.25) is 0 Å². The molecule has 0 fully saturated rings. The Morgan fingerprint density at radius 1 is 0.333 bits per heavy atom. The van der Waals surface area contributed by atoms with Gasteiger partial charge in [0.1, 0.15) is 11.2 Å². The summed E-state index contributed by atoms with van der Waals surface area (Å²) in [5.41, 5.74) is 11.9. The summed E-state index contributed by atoms with van der Waals surface area (Å²) in [6, 6.07) is 48.3. The van der Waals surface area contributed by atoms with Crippen LogP contribution in [0.4, 0.5) is 0 Å². The average molecular weight is 495 g/mol. The van der Waals surface area contributed by atoms with E-state index >= 15 is 0 Å². The standard InChI is InChI=1S/C38H22O/c1-2-7-24-20-25(13-12-23(24)6-1)26-14-16-31-32-17-15-27(22-37(32)39-36(31)21-26)28-18-19-35-30-9-4-3-8-29(30)34-11-5-10-33(28)38(34)35/h1-22H. The van der Waals surface area contributed by atoms with Crippen LogP contribution in [0.1, 0.15) is 0 Å². The van der Waals surface area contributed by atoms with Crippen LogP contribution in [0.3, 0.4) is 0 Å². The third-order valence-corrected chi connectivity index (χ3v) is 8.42. The van der Waals surface area contributed by atoms with Crippen LogP contribution in [0.25, 0.3) is 88.0 Å². The van der Waals surface area contributed by atoms with Gasteiger partial charge < -0.3 is 4.42 Å². The lowest BCUT2D eigenvalue weighted by atomic mass is 9.94. The number of hydrogen-bond donors (Lipinski definition) is 0. The van der Waals surface area contributed by atoms with E-state index in [4.69, 9.17) is 4.42 Å². The van der Waals surface area contributed by atoms with Gasteiger partial charge in [-0.1, -0.05) is 103 Å². The molecule has 1 heteroatoms. The van der Waals surface area contributed by atoms with Gasteiger partial charge in [-0.15, -0.1) is 0 Å². The summed E-state index contributed by atoms with van der Waals surface area (Å²) in [6.07, 6.45) is 0. The topological polar surface area (TPSA) is 13.1 Å². The Morgan fingerprint density at radius 3 is 1.74 bits per heavy atom. The van der Waals surface area contributed by atoms with Crippen molar-refractivity contribution in [1.29, 1.82) is 0 Å². The minimum Gasteiger partial charge on any atom is -0.456 e. The molecule has 0 bridgehead atoms. The van der Waals surface area contributed by atoms with E-state index < -0.39 is 0 Å². The predicted octanol–water partition coefficient (Wildman–Crippen LogP) is 10.9. The first-order valence-electron chi connectivity index (χ1n) is 13.4. The van der Waals surface area contributed by atoms with E-state index in [0.29, 0.717) is 0 Å². The van der Waals surface area contributed by atoms with Crippen molar-refractivity contribution in [3.8, 4) is 44.5 Å². The second-order valence-electron chi connectivity index (χ2n) is 10.5. The minimum absolute atomic E-state index is 0.920. The second-order valence-corrected chi connectivity index (χ2v) is 10.5. The Balaban J connectivity index is 1.19. The van der Waals surface area contributed by atoms with Gasteiger partial charge in [0.15, 0.2) is 0 Å². The quantitative estimate of drug-likeness (QED) is 0.233. The SMILES string of the molecule is c1ccc2c(c1)-c1cccc3c(-c4ccc5c(c4)oc4cc(-c6ccc7ccccc7c6)ccc45)ccc-2c13. The molecule has 8 aromatic rings. The van der Waals surface area contributed by atoms with Gasteiger partial charge in [-0.05, 0) is 96.4 Å². The van der Waals surface area contributed by atoms with Crippen LogP contribution in [-0.2, 0) is 0 Å². The van der Waals surface area contributed by atoms with Crippen LogP contribution in [0.15, 0.2) is 138 Å². The molecule has 1 nitrogen and oxygen atoms in total. The van der Waals surface area contributed by atoms with Crippen LogP contribution >= 0.6 is 0 Å². The fourth-order valence-corrected chi connectivity index (χ4v) is 6.55. The Bertz CT molecular complexity index is 2250. The van der Waals surface area contributed by atoms with E-state index in [9.17, 15) is 0 Å². The second kappa shape index (κ2) is 7.69. The average Bonchev–Trinajstić information content (AvgIpc) is 3.53. The fourth-order valence-electron chi connectivity index (χ4n) is 6.55. The highest BCUT2D eigenvalue weighted by Gasteiger charge is 2.22. The smallest absolute Gasteiger partial charge is 0.136 e. The molecule has 0 radical (unpaired) electrons. The van der Waals surface area contributed by atoms with E-state index in [-0.39, 0.29) is 0 Å². The number of rotatable bonds is 2. The van der Waals surface area contributed by atoms with Gasteiger partial charge in [0, 0.05) is 10.8 Å². The molecule has 180 valence electrons. The molecule has 0 aliphatic heterocycles. The highest BCUT2D eigenvalue weighted by atomic mass is 16.3. The summed E-state index contributed by atoms with van der Waals surface area (Å²) in [7, 11) is 0. The van der Waals surface area contributed by atoms with Crippen molar-refractivity contribution in [2.45, 2.75) is 0 Å². The van der Waals surface area contributed by atoms with Gasteiger partial charge in [0.25, 0.3) is 0 Å². The van der Waals surface area contributed by atoms with Gasteiger partial charge >= 0.3 is 0 Å². The monoisotopic (exact) mass is 494 g/mol. The van der Waals surface area contributed by atoms with E-state index in [1.54, 1.807) is 0 Å². The molecular weight excluding hydrogens is 472 g/mol. The molecule has 9 rings (SSSR count). The number of furan rings is 1. The minimum atomic E-state index is 0.920. The number of benzene rings is 7. The predicted molar refractivity (Wildman–Crippen MR) is 164 cm³/mol.